The van der Waals surface area contributed by atoms with Crippen LogP contribution in [0, 0.1) is 0 Å². The third kappa shape index (κ3) is 4.80. The Morgan fingerprint density at radius 3 is 2.56 bits per heavy atom. The highest BCUT2D eigenvalue weighted by atomic mass is 79.9. The van der Waals surface area contributed by atoms with E-state index in [1.165, 1.54) is 12.1 Å². The number of ether oxygens (including phenoxy) is 2. The fraction of sp³-hybridized carbons (Fsp3) is 0.160. The number of fused-ring (bicyclic) bond motifs is 3. The van der Waals surface area contributed by atoms with Gasteiger partial charge in [-0.2, -0.15) is 13.2 Å². The molecule has 0 spiro atoms. The summed E-state index contributed by atoms with van der Waals surface area (Å²) in [6.45, 7) is 0.738. The molecule has 0 radical (unpaired) electrons. The third-order valence-electron chi connectivity index (χ3n) is 5.56. The normalized spacial score (nSPS) is 13.9. The fourth-order valence-electron chi connectivity index (χ4n) is 3.91. The van der Waals surface area contributed by atoms with Crippen LogP contribution >= 0.6 is 39.1 Å². The van der Waals surface area contributed by atoms with Gasteiger partial charge in [-0.25, -0.2) is 0 Å². The molecule has 0 fully saturated rings. The summed E-state index contributed by atoms with van der Waals surface area (Å²) in [7, 11) is 0. The zero-order valence-electron chi connectivity index (χ0n) is 18.2. The van der Waals surface area contributed by atoms with Crippen LogP contribution in [-0.2, 0) is 19.3 Å². The second kappa shape index (κ2) is 9.63. The molecule has 5 rings (SSSR count). The van der Waals surface area contributed by atoms with Crippen LogP contribution in [0.4, 0.5) is 13.2 Å². The maximum absolute atomic E-state index is 14.0. The van der Waals surface area contributed by atoms with E-state index in [9.17, 15) is 18.0 Å². The smallest absolute Gasteiger partial charge is 0.453 e. The van der Waals surface area contributed by atoms with E-state index in [1.807, 2.05) is 4.90 Å². The van der Waals surface area contributed by atoms with Crippen molar-refractivity contribution in [2.24, 2.45) is 0 Å². The maximum Gasteiger partial charge on any atom is 0.453 e. The molecule has 0 amide bonds. The van der Waals surface area contributed by atoms with Crippen molar-refractivity contribution in [3.05, 3.63) is 96.2 Å². The second-order valence-corrected chi connectivity index (χ2v) is 9.72. The quantitative estimate of drug-likeness (QED) is 0.237. The van der Waals surface area contributed by atoms with Crippen LogP contribution in [-0.4, -0.2) is 11.6 Å². The Bertz CT molecular complexity index is 1540. The van der Waals surface area contributed by atoms with E-state index < -0.39 is 23.1 Å². The van der Waals surface area contributed by atoms with Gasteiger partial charge in [0.05, 0.1) is 25.5 Å². The van der Waals surface area contributed by atoms with Gasteiger partial charge in [-0.15, -0.1) is 0 Å². The molecular weight excluding hydrogens is 586 g/mol. The van der Waals surface area contributed by atoms with Crippen LogP contribution in [0.25, 0.3) is 11.0 Å². The van der Waals surface area contributed by atoms with Crippen molar-refractivity contribution < 1.29 is 27.1 Å². The Hall–Kier alpha value is -2.72. The molecule has 11 heteroatoms. The van der Waals surface area contributed by atoms with Crippen molar-refractivity contribution in [1.82, 2.24) is 4.90 Å². The van der Waals surface area contributed by atoms with Crippen molar-refractivity contribution in [1.29, 1.82) is 0 Å². The minimum Gasteiger partial charge on any atom is -0.478 e. The number of benzene rings is 3. The first-order chi connectivity index (χ1) is 17.1. The van der Waals surface area contributed by atoms with Gasteiger partial charge in [0.2, 0.25) is 11.2 Å². The van der Waals surface area contributed by atoms with Gasteiger partial charge in [-0.1, -0.05) is 41.4 Å². The Morgan fingerprint density at radius 2 is 1.83 bits per heavy atom. The van der Waals surface area contributed by atoms with Crippen molar-refractivity contribution in [2.75, 3.05) is 6.73 Å². The van der Waals surface area contributed by atoms with Gasteiger partial charge in [0, 0.05) is 13.1 Å². The number of alkyl halides is 3. The van der Waals surface area contributed by atoms with Crippen LogP contribution < -0.4 is 14.9 Å². The number of nitrogens with zero attached hydrogens (tertiary/aromatic N) is 1. The molecule has 0 bridgehead atoms. The highest BCUT2D eigenvalue weighted by Crippen LogP contribution is 2.42. The van der Waals surface area contributed by atoms with Crippen LogP contribution in [0.15, 0.2) is 68.3 Å². The highest BCUT2D eigenvalue weighted by molar-refractivity contribution is 9.10. The summed E-state index contributed by atoms with van der Waals surface area (Å²) in [6, 6.07) is 14.3. The first-order valence-electron chi connectivity index (χ1n) is 10.5. The number of rotatable bonds is 4. The molecule has 0 aliphatic carbocycles. The van der Waals surface area contributed by atoms with Crippen molar-refractivity contribution >= 4 is 50.1 Å². The highest BCUT2D eigenvalue weighted by Gasteiger charge is 2.41. The zero-order chi connectivity index (χ0) is 25.6. The first kappa shape index (κ1) is 25.0. The topological polar surface area (TPSA) is 51.9 Å². The van der Waals surface area contributed by atoms with E-state index in [1.54, 1.807) is 42.5 Å². The molecule has 3 aromatic carbocycles. The summed E-state index contributed by atoms with van der Waals surface area (Å²) in [5, 5.41) is 0.744. The molecule has 0 saturated heterocycles. The monoisotopic (exact) mass is 599 g/mol. The zero-order valence-corrected chi connectivity index (χ0v) is 21.3. The molecule has 0 unspecified atom stereocenters. The summed E-state index contributed by atoms with van der Waals surface area (Å²) in [6.07, 6.45) is -4.98. The van der Waals surface area contributed by atoms with Gasteiger partial charge < -0.3 is 13.9 Å². The lowest BCUT2D eigenvalue weighted by atomic mass is 10.1. The SMILES string of the molecule is O=c1c(Oc2ccccc2Br)c(C(F)(F)F)oc2c3c(ccc12)OCN(Cc1ccc(Cl)c(Cl)c1)C3. The summed E-state index contributed by atoms with van der Waals surface area (Å²) < 4.78 is 59.1. The minimum absolute atomic E-state index is 0.0451. The number of halogens is 6. The van der Waals surface area contributed by atoms with Gasteiger partial charge >= 0.3 is 6.18 Å². The summed E-state index contributed by atoms with van der Waals surface area (Å²) >= 11 is 15.3. The molecule has 4 aromatic rings. The Kier molecular flexibility index (Phi) is 6.67. The maximum atomic E-state index is 14.0. The van der Waals surface area contributed by atoms with E-state index in [0.717, 1.165) is 5.56 Å². The van der Waals surface area contributed by atoms with Gasteiger partial charge in [-0.3, -0.25) is 9.69 Å². The lowest BCUT2D eigenvalue weighted by molar-refractivity contribution is -0.154. The summed E-state index contributed by atoms with van der Waals surface area (Å²) in [4.78, 5) is 15.1. The lowest BCUT2D eigenvalue weighted by Gasteiger charge is -2.29. The largest absolute Gasteiger partial charge is 0.478 e. The molecule has 1 aliphatic rings. The predicted molar refractivity (Wildman–Crippen MR) is 133 cm³/mol. The average Bonchev–Trinajstić information content (AvgIpc) is 2.83. The van der Waals surface area contributed by atoms with Crippen LogP contribution in [0.1, 0.15) is 16.9 Å². The van der Waals surface area contributed by atoms with E-state index in [2.05, 4.69) is 15.9 Å². The molecule has 186 valence electrons. The Labute approximate surface area is 221 Å². The van der Waals surface area contributed by atoms with Gasteiger partial charge in [0.15, 0.2) is 0 Å². The molecule has 1 aliphatic heterocycles. The number of hydrogen-bond donors (Lipinski definition) is 0. The van der Waals surface area contributed by atoms with Crippen molar-refractivity contribution in [2.45, 2.75) is 19.3 Å². The number of para-hydroxylation sites is 1. The summed E-state index contributed by atoms with van der Waals surface area (Å²) in [5.41, 5.74) is 0.0129. The van der Waals surface area contributed by atoms with E-state index in [4.69, 9.17) is 37.1 Å². The first-order valence-corrected chi connectivity index (χ1v) is 12.1. The van der Waals surface area contributed by atoms with Gasteiger partial charge in [-0.05, 0) is 57.9 Å². The average molecular weight is 601 g/mol. The third-order valence-corrected chi connectivity index (χ3v) is 6.95. The van der Waals surface area contributed by atoms with Gasteiger partial charge in [0.1, 0.15) is 23.8 Å². The second-order valence-electron chi connectivity index (χ2n) is 8.05. The summed E-state index contributed by atoms with van der Waals surface area (Å²) in [5.74, 6) is -2.08. The van der Waals surface area contributed by atoms with Crippen LogP contribution in [0.3, 0.4) is 0 Å². The van der Waals surface area contributed by atoms with Crippen LogP contribution in [0.2, 0.25) is 10.0 Å². The van der Waals surface area contributed by atoms with E-state index >= 15 is 0 Å². The predicted octanol–water partition coefficient (Wildman–Crippen LogP) is 8.03. The Balaban J connectivity index is 1.58. The molecule has 0 N–H and O–H groups in total. The minimum atomic E-state index is -4.98. The molecule has 36 heavy (non-hydrogen) atoms. The molecule has 1 aromatic heterocycles. The van der Waals surface area contributed by atoms with Crippen LogP contribution in [0.5, 0.6) is 17.2 Å². The number of hydrogen-bond acceptors (Lipinski definition) is 5. The fourth-order valence-corrected chi connectivity index (χ4v) is 4.59. The Morgan fingerprint density at radius 1 is 1.06 bits per heavy atom. The molecule has 2 heterocycles. The van der Waals surface area contributed by atoms with Gasteiger partial charge in [0.25, 0.3) is 5.76 Å². The van der Waals surface area contributed by atoms with E-state index in [-0.39, 0.29) is 30.0 Å². The lowest BCUT2D eigenvalue weighted by Crippen LogP contribution is -2.32. The van der Waals surface area contributed by atoms with Crippen molar-refractivity contribution in [3.8, 4) is 17.2 Å². The standard InChI is InChI=1S/C25H15BrCl2F3NO4/c26-16-3-1-2-4-20(16)35-23-21(33)14-6-8-19-15(22(14)36-24(23)25(29,30)31)11-32(12-34-19)10-13-5-7-17(27)18(28)9-13/h1-9H,10-12H2. The molecule has 5 nitrogen and oxygen atoms in total. The molecule has 0 atom stereocenters. The van der Waals surface area contributed by atoms with E-state index in [0.29, 0.717) is 32.4 Å². The molecule has 0 saturated carbocycles. The van der Waals surface area contributed by atoms with Crippen molar-refractivity contribution in [3.63, 3.8) is 0 Å². The molecular formula is C25H15BrCl2F3NO4.